The van der Waals surface area contributed by atoms with E-state index in [-0.39, 0.29) is 24.4 Å². The first-order chi connectivity index (χ1) is 9.69. The third-order valence-corrected chi connectivity index (χ3v) is 3.95. The Morgan fingerprint density at radius 1 is 1.30 bits per heavy atom. The van der Waals surface area contributed by atoms with Gasteiger partial charge in [0.2, 0.25) is 0 Å². The molecule has 0 spiro atoms. The lowest BCUT2D eigenvalue weighted by Crippen LogP contribution is -2.31. The minimum absolute atomic E-state index is 0.0860. The molecule has 4 heteroatoms. The van der Waals surface area contributed by atoms with Crippen LogP contribution in [0.4, 0.5) is 5.69 Å². The normalized spacial score (nSPS) is 22.2. The summed E-state index contributed by atoms with van der Waals surface area (Å²) in [7, 11) is 0. The van der Waals surface area contributed by atoms with Gasteiger partial charge in [-0.05, 0) is 55.9 Å². The highest BCUT2D eigenvalue weighted by molar-refractivity contribution is 5.75. The van der Waals surface area contributed by atoms with Gasteiger partial charge in [0.1, 0.15) is 18.4 Å². The van der Waals surface area contributed by atoms with E-state index in [2.05, 4.69) is 12.2 Å². The molecule has 0 amide bonds. The average molecular weight is 277 g/mol. The zero-order chi connectivity index (χ0) is 14.4. The Kier molecular flexibility index (Phi) is 5.27. The average Bonchev–Trinajstić information content (AvgIpc) is 2.47. The number of phenols is 1. The molecule has 20 heavy (non-hydrogen) atoms. The van der Waals surface area contributed by atoms with E-state index in [1.807, 2.05) is 0 Å². The molecule has 2 rings (SSSR count). The molecule has 0 heterocycles. The lowest BCUT2D eigenvalue weighted by molar-refractivity contribution is -0.151. The van der Waals surface area contributed by atoms with Gasteiger partial charge in [-0.2, -0.15) is 0 Å². The van der Waals surface area contributed by atoms with Crippen LogP contribution < -0.4 is 5.32 Å². The van der Waals surface area contributed by atoms with Crippen molar-refractivity contribution >= 4 is 11.7 Å². The Balaban J connectivity index is 1.78. The van der Waals surface area contributed by atoms with Gasteiger partial charge in [0, 0.05) is 5.69 Å². The zero-order valence-electron chi connectivity index (χ0n) is 12.0. The maximum Gasteiger partial charge on any atom is 0.325 e. The van der Waals surface area contributed by atoms with E-state index in [1.165, 1.54) is 12.8 Å². The predicted octanol–water partition coefficient (Wildman–Crippen LogP) is 3.32. The summed E-state index contributed by atoms with van der Waals surface area (Å²) in [5.74, 6) is 0.524. The van der Waals surface area contributed by atoms with Crippen molar-refractivity contribution in [3.05, 3.63) is 24.3 Å². The number of rotatable bonds is 5. The van der Waals surface area contributed by atoms with Gasteiger partial charge in [-0.3, -0.25) is 4.79 Å². The molecular weight excluding hydrogens is 254 g/mol. The topological polar surface area (TPSA) is 58.6 Å². The van der Waals surface area contributed by atoms with Crippen LogP contribution in [0.2, 0.25) is 0 Å². The highest BCUT2D eigenvalue weighted by Crippen LogP contribution is 2.29. The maximum atomic E-state index is 11.9. The molecule has 1 aromatic rings. The van der Waals surface area contributed by atoms with Gasteiger partial charge in [0.05, 0.1) is 0 Å². The van der Waals surface area contributed by atoms with Crippen LogP contribution in [0.3, 0.4) is 0 Å². The maximum absolute atomic E-state index is 11.9. The summed E-state index contributed by atoms with van der Waals surface area (Å²) in [6.45, 7) is 2.32. The second-order valence-electron chi connectivity index (χ2n) is 5.38. The minimum atomic E-state index is -0.205. The SMILES string of the molecule is CCC1CCCCC1OC(=O)CNc1ccc(O)cc1. The molecular formula is C16H23NO3. The molecule has 2 unspecified atom stereocenters. The van der Waals surface area contributed by atoms with E-state index in [9.17, 15) is 9.90 Å². The van der Waals surface area contributed by atoms with E-state index in [4.69, 9.17) is 4.74 Å². The number of carbonyl (C=O) groups is 1. The van der Waals surface area contributed by atoms with Gasteiger partial charge >= 0.3 is 5.97 Å². The summed E-state index contributed by atoms with van der Waals surface area (Å²) in [5, 5.41) is 12.2. The van der Waals surface area contributed by atoms with E-state index >= 15 is 0 Å². The fourth-order valence-corrected chi connectivity index (χ4v) is 2.76. The van der Waals surface area contributed by atoms with Crippen molar-refractivity contribution in [1.82, 2.24) is 0 Å². The molecule has 1 aromatic carbocycles. The molecule has 0 aromatic heterocycles. The van der Waals surface area contributed by atoms with Crippen LogP contribution in [0, 0.1) is 5.92 Å². The fraction of sp³-hybridized carbons (Fsp3) is 0.562. The number of hydrogen-bond acceptors (Lipinski definition) is 4. The molecule has 0 radical (unpaired) electrons. The molecule has 4 nitrogen and oxygen atoms in total. The number of hydrogen-bond donors (Lipinski definition) is 2. The van der Waals surface area contributed by atoms with Crippen molar-refractivity contribution in [3.8, 4) is 5.75 Å². The Hall–Kier alpha value is -1.71. The first kappa shape index (κ1) is 14.7. The van der Waals surface area contributed by atoms with Crippen molar-refractivity contribution in [2.24, 2.45) is 5.92 Å². The Labute approximate surface area is 120 Å². The first-order valence-corrected chi connectivity index (χ1v) is 7.41. The fourth-order valence-electron chi connectivity index (χ4n) is 2.76. The molecule has 0 saturated heterocycles. The molecule has 110 valence electrons. The molecule has 1 aliphatic carbocycles. The van der Waals surface area contributed by atoms with Crippen molar-refractivity contribution in [2.45, 2.75) is 45.1 Å². The molecule has 0 bridgehead atoms. The van der Waals surface area contributed by atoms with E-state index in [0.717, 1.165) is 24.9 Å². The first-order valence-electron chi connectivity index (χ1n) is 7.41. The van der Waals surface area contributed by atoms with Gasteiger partial charge in [0.25, 0.3) is 0 Å². The summed E-state index contributed by atoms with van der Waals surface area (Å²) >= 11 is 0. The smallest absolute Gasteiger partial charge is 0.325 e. The largest absolute Gasteiger partial charge is 0.508 e. The van der Waals surface area contributed by atoms with Gasteiger partial charge < -0.3 is 15.2 Å². The van der Waals surface area contributed by atoms with Crippen LogP contribution >= 0.6 is 0 Å². The van der Waals surface area contributed by atoms with Crippen LogP contribution in [-0.2, 0) is 9.53 Å². The molecule has 1 fully saturated rings. The Morgan fingerprint density at radius 3 is 2.70 bits per heavy atom. The second kappa shape index (κ2) is 7.17. The Bertz CT molecular complexity index is 430. The van der Waals surface area contributed by atoms with Crippen molar-refractivity contribution in [3.63, 3.8) is 0 Å². The quantitative estimate of drug-likeness (QED) is 0.640. The van der Waals surface area contributed by atoms with Gasteiger partial charge in [0.15, 0.2) is 0 Å². The zero-order valence-corrected chi connectivity index (χ0v) is 12.0. The van der Waals surface area contributed by atoms with Crippen LogP contribution in [0.15, 0.2) is 24.3 Å². The second-order valence-corrected chi connectivity index (χ2v) is 5.38. The number of esters is 1. The number of aromatic hydroxyl groups is 1. The van der Waals surface area contributed by atoms with Gasteiger partial charge in [-0.15, -0.1) is 0 Å². The lowest BCUT2D eigenvalue weighted by atomic mass is 9.85. The predicted molar refractivity (Wildman–Crippen MR) is 78.7 cm³/mol. The third kappa shape index (κ3) is 4.15. The van der Waals surface area contributed by atoms with E-state index in [0.29, 0.717) is 5.92 Å². The van der Waals surface area contributed by atoms with E-state index in [1.54, 1.807) is 24.3 Å². The number of anilines is 1. The van der Waals surface area contributed by atoms with Crippen molar-refractivity contribution < 1.29 is 14.6 Å². The lowest BCUT2D eigenvalue weighted by Gasteiger charge is -2.30. The Morgan fingerprint density at radius 2 is 2.00 bits per heavy atom. The molecule has 1 aliphatic rings. The van der Waals surface area contributed by atoms with Crippen LogP contribution in [0.1, 0.15) is 39.0 Å². The third-order valence-electron chi connectivity index (χ3n) is 3.95. The standard InChI is InChI=1S/C16H23NO3/c1-2-12-5-3-4-6-15(12)20-16(19)11-17-13-7-9-14(18)10-8-13/h7-10,12,15,17-18H,2-6,11H2,1H3. The van der Waals surface area contributed by atoms with Crippen LogP contribution in [-0.4, -0.2) is 23.7 Å². The highest BCUT2D eigenvalue weighted by Gasteiger charge is 2.26. The molecule has 1 saturated carbocycles. The summed E-state index contributed by atoms with van der Waals surface area (Å²) in [4.78, 5) is 11.9. The molecule has 2 atom stereocenters. The number of nitrogens with one attached hydrogen (secondary N) is 1. The molecule has 2 N–H and O–H groups in total. The summed E-state index contributed by atoms with van der Waals surface area (Å²) in [6, 6.07) is 6.64. The summed E-state index contributed by atoms with van der Waals surface area (Å²) < 4.78 is 5.59. The van der Waals surface area contributed by atoms with Crippen molar-refractivity contribution in [2.75, 3.05) is 11.9 Å². The number of ether oxygens (including phenoxy) is 1. The number of phenolic OH excluding ortho intramolecular Hbond substituents is 1. The van der Waals surface area contributed by atoms with Crippen molar-refractivity contribution in [1.29, 1.82) is 0 Å². The van der Waals surface area contributed by atoms with Gasteiger partial charge in [-0.1, -0.05) is 13.3 Å². The number of carbonyl (C=O) groups excluding carboxylic acids is 1. The van der Waals surface area contributed by atoms with Crippen LogP contribution in [0.5, 0.6) is 5.75 Å². The summed E-state index contributed by atoms with van der Waals surface area (Å²) in [5.41, 5.74) is 0.801. The van der Waals surface area contributed by atoms with Crippen LogP contribution in [0.25, 0.3) is 0 Å². The summed E-state index contributed by atoms with van der Waals surface area (Å²) in [6.07, 6.45) is 5.72. The number of benzene rings is 1. The minimum Gasteiger partial charge on any atom is -0.508 e. The highest BCUT2D eigenvalue weighted by atomic mass is 16.5. The monoisotopic (exact) mass is 277 g/mol. The van der Waals surface area contributed by atoms with Gasteiger partial charge in [-0.25, -0.2) is 0 Å². The molecule has 0 aliphatic heterocycles. The van der Waals surface area contributed by atoms with E-state index < -0.39 is 0 Å².